The van der Waals surface area contributed by atoms with Crippen LogP contribution in [0.5, 0.6) is 5.75 Å². The molecular weight excluding hydrogens is 394 g/mol. The van der Waals surface area contributed by atoms with Crippen LogP contribution in [0.4, 0.5) is 0 Å². The fourth-order valence-corrected chi connectivity index (χ4v) is 3.79. The second kappa shape index (κ2) is 7.50. The van der Waals surface area contributed by atoms with Crippen LogP contribution < -0.4 is 4.74 Å². The van der Waals surface area contributed by atoms with Gasteiger partial charge in [0.05, 0.1) is 24.3 Å². The van der Waals surface area contributed by atoms with E-state index in [0.29, 0.717) is 26.3 Å². The Bertz CT molecular complexity index is 1210. The van der Waals surface area contributed by atoms with Crippen molar-refractivity contribution in [2.75, 3.05) is 7.11 Å². The minimum atomic E-state index is 0.521. The average Bonchev–Trinajstić information content (AvgIpc) is 3.08. The summed E-state index contributed by atoms with van der Waals surface area (Å²) >= 11 is 7.40. The van der Waals surface area contributed by atoms with Crippen molar-refractivity contribution in [3.05, 3.63) is 59.1 Å². The lowest BCUT2D eigenvalue weighted by Gasteiger charge is -2.06. The van der Waals surface area contributed by atoms with Crippen molar-refractivity contribution < 1.29 is 4.74 Å². The van der Waals surface area contributed by atoms with Gasteiger partial charge in [-0.05, 0) is 60.3 Å². The Kier molecular flexibility index (Phi) is 4.90. The van der Waals surface area contributed by atoms with Crippen LogP contribution in [0.15, 0.2) is 58.7 Å². The van der Waals surface area contributed by atoms with E-state index in [4.69, 9.17) is 16.3 Å². The lowest BCUT2D eigenvalue weighted by Crippen LogP contribution is -1.96. The van der Waals surface area contributed by atoms with E-state index in [1.165, 1.54) is 11.8 Å². The number of halogens is 1. The van der Waals surface area contributed by atoms with E-state index in [2.05, 4.69) is 21.3 Å². The zero-order valence-electron chi connectivity index (χ0n) is 15.0. The van der Waals surface area contributed by atoms with Crippen molar-refractivity contribution in [3.8, 4) is 23.2 Å². The highest BCUT2D eigenvalue weighted by Gasteiger charge is 2.14. The third kappa shape index (κ3) is 3.40. The quantitative estimate of drug-likeness (QED) is 0.487. The maximum Gasteiger partial charge on any atom is 0.197 e. The van der Waals surface area contributed by atoms with Crippen molar-refractivity contribution in [1.29, 1.82) is 5.26 Å². The smallest absolute Gasteiger partial charge is 0.197 e. The standard InChI is InChI=1S/C20H14ClN5OS/c1-26-19(12-3-6-15(27-2)7-4-12)24-25-20(26)28-18-9-13(11-22)16-10-14(21)5-8-17(16)23-18/h3-10H,1-2H3. The van der Waals surface area contributed by atoms with Gasteiger partial charge in [0.1, 0.15) is 10.8 Å². The van der Waals surface area contributed by atoms with E-state index in [1.807, 2.05) is 41.9 Å². The van der Waals surface area contributed by atoms with E-state index in [-0.39, 0.29) is 0 Å². The van der Waals surface area contributed by atoms with Gasteiger partial charge in [-0.15, -0.1) is 10.2 Å². The van der Waals surface area contributed by atoms with Gasteiger partial charge in [-0.25, -0.2) is 4.98 Å². The number of hydrogen-bond donors (Lipinski definition) is 0. The van der Waals surface area contributed by atoms with Gasteiger partial charge in [0.2, 0.25) is 0 Å². The maximum atomic E-state index is 9.49. The van der Waals surface area contributed by atoms with E-state index in [1.54, 1.807) is 25.3 Å². The summed E-state index contributed by atoms with van der Waals surface area (Å²) in [4.78, 5) is 4.62. The number of aromatic nitrogens is 4. The molecule has 2 heterocycles. The zero-order chi connectivity index (χ0) is 19.7. The molecule has 0 aliphatic carbocycles. The average molecular weight is 408 g/mol. The molecule has 0 saturated heterocycles. The molecular formula is C20H14ClN5OS. The van der Waals surface area contributed by atoms with Gasteiger partial charge >= 0.3 is 0 Å². The summed E-state index contributed by atoms with van der Waals surface area (Å²) in [5, 5.41) is 20.7. The number of nitriles is 1. The number of benzene rings is 2. The first kappa shape index (κ1) is 18.3. The zero-order valence-corrected chi connectivity index (χ0v) is 16.6. The van der Waals surface area contributed by atoms with Gasteiger partial charge in [0.15, 0.2) is 11.0 Å². The number of ether oxygens (including phenoxy) is 1. The molecule has 0 fully saturated rings. The highest BCUT2D eigenvalue weighted by atomic mass is 35.5. The minimum Gasteiger partial charge on any atom is -0.497 e. The molecule has 0 spiro atoms. The normalized spacial score (nSPS) is 10.8. The van der Waals surface area contributed by atoms with E-state index < -0.39 is 0 Å². The molecule has 2 aromatic heterocycles. The Morgan fingerprint density at radius 3 is 2.61 bits per heavy atom. The van der Waals surface area contributed by atoms with Crippen LogP contribution in [0.2, 0.25) is 5.02 Å². The maximum absolute atomic E-state index is 9.49. The number of pyridine rings is 1. The van der Waals surface area contributed by atoms with Crippen LogP contribution >= 0.6 is 23.4 Å². The number of hydrogen-bond acceptors (Lipinski definition) is 6. The van der Waals surface area contributed by atoms with E-state index in [9.17, 15) is 5.26 Å². The molecule has 0 unspecified atom stereocenters. The predicted molar refractivity (Wildman–Crippen MR) is 109 cm³/mol. The summed E-state index contributed by atoms with van der Waals surface area (Å²) in [5.41, 5.74) is 2.16. The van der Waals surface area contributed by atoms with Crippen LogP contribution in [0.25, 0.3) is 22.3 Å². The molecule has 4 rings (SSSR count). The van der Waals surface area contributed by atoms with Crippen molar-refractivity contribution in [2.24, 2.45) is 7.05 Å². The Balaban J connectivity index is 1.69. The van der Waals surface area contributed by atoms with Gasteiger partial charge < -0.3 is 9.30 Å². The highest BCUT2D eigenvalue weighted by molar-refractivity contribution is 7.99. The monoisotopic (exact) mass is 407 g/mol. The molecule has 0 bridgehead atoms. The molecule has 0 atom stereocenters. The summed E-state index contributed by atoms with van der Waals surface area (Å²) < 4.78 is 7.09. The van der Waals surface area contributed by atoms with Crippen molar-refractivity contribution in [3.63, 3.8) is 0 Å². The van der Waals surface area contributed by atoms with Crippen LogP contribution in [-0.4, -0.2) is 26.9 Å². The summed E-state index contributed by atoms with van der Waals surface area (Å²) in [6, 6.07) is 16.9. The van der Waals surface area contributed by atoms with Crippen molar-refractivity contribution >= 4 is 34.3 Å². The van der Waals surface area contributed by atoms with Crippen LogP contribution in [0.3, 0.4) is 0 Å². The number of methoxy groups -OCH3 is 1. The molecule has 2 aromatic carbocycles. The van der Waals surface area contributed by atoms with Crippen LogP contribution in [0.1, 0.15) is 5.56 Å². The molecule has 8 heteroatoms. The number of rotatable bonds is 4. The molecule has 0 amide bonds. The summed E-state index contributed by atoms with van der Waals surface area (Å²) in [6.07, 6.45) is 0. The molecule has 4 aromatic rings. The van der Waals surface area contributed by atoms with E-state index in [0.717, 1.165) is 22.5 Å². The predicted octanol–water partition coefficient (Wildman–Crippen LogP) is 4.72. The highest BCUT2D eigenvalue weighted by Crippen LogP contribution is 2.31. The molecule has 0 aliphatic heterocycles. The number of nitrogens with zero attached hydrogens (tertiary/aromatic N) is 5. The molecule has 138 valence electrons. The molecule has 28 heavy (non-hydrogen) atoms. The third-order valence-electron chi connectivity index (χ3n) is 4.25. The summed E-state index contributed by atoms with van der Waals surface area (Å²) in [5.74, 6) is 1.52. The van der Waals surface area contributed by atoms with Crippen LogP contribution in [-0.2, 0) is 7.05 Å². The fraction of sp³-hybridized carbons (Fsp3) is 0.100. The SMILES string of the molecule is COc1ccc(-c2nnc(Sc3cc(C#N)c4cc(Cl)ccc4n3)n2C)cc1. The molecule has 0 N–H and O–H groups in total. The first-order chi connectivity index (χ1) is 13.6. The Morgan fingerprint density at radius 1 is 1.11 bits per heavy atom. The Morgan fingerprint density at radius 2 is 1.89 bits per heavy atom. The first-order valence-electron chi connectivity index (χ1n) is 8.31. The lowest BCUT2D eigenvalue weighted by molar-refractivity contribution is 0.415. The first-order valence-corrected chi connectivity index (χ1v) is 9.50. The molecule has 6 nitrogen and oxygen atoms in total. The Labute approximate surface area is 170 Å². The largest absolute Gasteiger partial charge is 0.497 e. The Hall–Kier alpha value is -3.08. The third-order valence-corrected chi connectivity index (χ3v) is 5.44. The van der Waals surface area contributed by atoms with E-state index >= 15 is 0 Å². The lowest BCUT2D eigenvalue weighted by atomic mass is 10.1. The number of fused-ring (bicyclic) bond motifs is 1. The van der Waals surface area contributed by atoms with Gasteiger partial charge in [0, 0.05) is 23.0 Å². The molecule has 0 saturated carbocycles. The van der Waals surface area contributed by atoms with Gasteiger partial charge in [-0.2, -0.15) is 5.26 Å². The van der Waals surface area contributed by atoms with Gasteiger partial charge in [0.25, 0.3) is 0 Å². The topological polar surface area (TPSA) is 76.6 Å². The second-order valence-electron chi connectivity index (χ2n) is 5.98. The van der Waals surface area contributed by atoms with Crippen molar-refractivity contribution in [1.82, 2.24) is 19.7 Å². The summed E-state index contributed by atoms with van der Waals surface area (Å²) in [6.45, 7) is 0. The van der Waals surface area contributed by atoms with Gasteiger partial charge in [-0.3, -0.25) is 0 Å². The molecule has 0 radical (unpaired) electrons. The fourth-order valence-electron chi connectivity index (χ4n) is 2.81. The molecule has 0 aliphatic rings. The second-order valence-corrected chi connectivity index (χ2v) is 7.40. The van der Waals surface area contributed by atoms with Crippen LogP contribution in [0, 0.1) is 11.3 Å². The van der Waals surface area contributed by atoms with Crippen molar-refractivity contribution in [2.45, 2.75) is 10.2 Å². The van der Waals surface area contributed by atoms with Gasteiger partial charge in [-0.1, -0.05) is 11.6 Å². The minimum absolute atomic E-state index is 0.521. The summed E-state index contributed by atoms with van der Waals surface area (Å²) in [7, 11) is 3.53.